The lowest BCUT2D eigenvalue weighted by molar-refractivity contribution is 0.0978. The molecule has 0 unspecified atom stereocenters. The fourth-order valence-corrected chi connectivity index (χ4v) is 3.45. The zero-order chi connectivity index (χ0) is 19.5. The minimum atomic E-state index is -0.0387. The van der Waals surface area contributed by atoms with Crippen LogP contribution in [0.5, 0.6) is 0 Å². The highest BCUT2D eigenvalue weighted by Gasteiger charge is 2.25. The van der Waals surface area contributed by atoms with E-state index in [0.29, 0.717) is 18.7 Å². The number of benzene rings is 2. The Bertz CT molecular complexity index is 1100. The Hall–Kier alpha value is -3.40. The molecule has 2 heterocycles. The standard InChI is InChI=1S/C24H23N3O/c1-3-21-23(26-15-14-18(2)16-22(26)25-21)24(28)27(20-12-8-5-9-13-20)17-19-10-6-4-7-11-19/h4-16H,3,17H2,1-2H3. The van der Waals surface area contributed by atoms with Crippen molar-refractivity contribution in [1.82, 2.24) is 9.38 Å². The minimum Gasteiger partial charge on any atom is -0.303 e. The summed E-state index contributed by atoms with van der Waals surface area (Å²) in [5, 5.41) is 0. The van der Waals surface area contributed by atoms with Gasteiger partial charge in [-0.2, -0.15) is 0 Å². The molecule has 0 N–H and O–H groups in total. The highest BCUT2D eigenvalue weighted by Crippen LogP contribution is 2.23. The van der Waals surface area contributed by atoms with Crippen molar-refractivity contribution in [2.24, 2.45) is 0 Å². The van der Waals surface area contributed by atoms with Gasteiger partial charge in [-0.25, -0.2) is 4.98 Å². The van der Waals surface area contributed by atoms with Gasteiger partial charge < -0.3 is 4.90 Å². The van der Waals surface area contributed by atoms with E-state index in [2.05, 4.69) is 0 Å². The van der Waals surface area contributed by atoms with Gasteiger partial charge in [-0.15, -0.1) is 0 Å². The largest absolute Gasteiger partial charge is 0.303 e. The van der Waals surface area contributed by atoms with Gasteiger partial charge in [-0.3, -0.25) is 9.20 Å². The van der Waals surface area contributed by atoms with Gasteiger partial charge in [0.1, 0.15) is 11.3 Å². The number of hydrogen-bond donors (Lipinski definition) is 0. The van der Waals surface area contributed by atoms with Crippen LogP contribution in [-0.2, 0) is 13.0 Å². The van der Waals surface area contributed by atoms with Crippen LogP contribution >= 0.6 is 0 Å². The maximum atomic E-state index is 13.8. The first-order valence-electron chi connectivity index (χ1n) is 9.56. The van der Waals surface area contributed by atoms with E-state index in [9.17, 15) is 4.79 Å². The number of pyridine rings is 1. The quantitative estimate of drug-likeness (QED) is 0.493. The van der Waals surface area contributed by atoms with Crippen molar-refractivity contribution >= 4 is 17.2 Å². The van der Waals surface area contributed by atoms with E-state index in [-0.39, 0.29) is 5.91 Å². The summed E-state index contributed by atoms with van der Waals surface area (Å²) in [5.41, 5.74) is 5.36. The number of carbonyl (C=O) groups is 1. The number of aryl methyl sites for hydroxylation is 2. The Morgan fingerprint density at radius 2 is 1.68 bits per heavy atom. The van der Waals surface area contributed by atoms with Crippen molar-refractivity contribution < 1.29 is 4.79 Å². The van der Waals surface area contributed by atoms with Crippen LogP contribution in [0.15, 0.2) is 79.0 Å². The third-order valence-electron chi connectivity index (χ3n) is 4.89. The highest BCUT2D eigenvalue weighted by atomic mass is 16.2. The number of amides is 1. The van der Waals surface area contributed by atoms with Crippen molar-refractivity contribution in [2.75, 3.05) is 4.90 Å². The average molecular weight is 369 g/mol. The topological polar surface area (TPSA) is 37.6 Å². The van der Waals surface area contributed by atoms with Gasteiger partial charge >= 0.3 is 0 Å². The Morgan fingerprint density at radius 3 is 2.36 bits per heavy atom. The predicted molar refractivity (Wildman–Crippen MR) is 113 cm³/mol. The van der Waals surface area contributed by atoms with Gasteiger partial charge in [0.15, 0.2) is 0 Å². The van der Waals surface area contributed by atoms with Crippen molar-refractivity contribution in [3.8, 4) is 0 Å². The molecule has 0 aliphatic heterocycles. The van der Waals surface area contributed by atoms with Crippen LogP contribution in [0.4, 0.5) is 5.69 Å². The van der Waals surface area contributed by atoms with Gasteiger partial charge in [0.25, 0.3) is 5.91 Å². The minimum absolute atomic E-state index is 0.0387. The van der Waals surface area contributed by atoms with Gasteiger partial charge in [-0.1, -0.05) is 55.5 Å². The predicted octanol–water partition coefficient (Wildman–Crippen LogP) is 5.05. The molecule has 0 aliphatic carbocycles. The molecule has 4 aromatic rings. The SMILES string of the molecule is CCc1nc2cc(C)ccn2c1C(=O)N(Cc1ccccc1)c1ccccc1. The van der Waals surface area contributed by atoms with E-state index < -0.39 is 0 Å². The first kappa shape index (κ1) is 18.0. The molecule has 0 atom stereocenters. The number of aromatic nitrogens is 2. The molecule has 140 valence electrons. The zero-order valence-electron chi connectivity index (χ0n) is 16.2. The summed E-state index contributed by atoms with van der Waals surface area (Å²) in [6.07, 6.45) is 2.64. The second-order valence-corrected chi connectivity index (χ2v) is 6.91. The van der Waals surface area contributed by atoms with E-state index >= 15 is 0 Å². The maximum absolute atomic E-state index is 13.8. The molecule has 0 saturated carbocycles. The first-order chi connectivity index (χ1) is 13.7. The number of anilines is 1. The molecule has 2 aromatic carbocycles. The lowest BCUT2D eigenvalue weighted by Crippen LogP contribution is -2.32. The fourth-order valence-electron chi connectivity index (χ4n) is 3.45. The van der Waals surface area contributed by atoms with Crippen LogP contribution in [0.25, 0.3) is 5.65 Å². The van der Waals surface area contributed by atoms with Crippen molar-refractivity contribution in [1.29, 1.82) is 0 Å². The van der Waals surface area contributed by atoms with Gasteiger partial charge in [0, 0.05) is 11.9 Å². The molecule has 0 fully saturated rings. The average Bonchev–Trinajstić information content (AvgIpc) is 3.10. The summed E-state index contributed by atoms with van der Waals surface area (Å²) < 4.78 is 1.91. The number of nitrogens with zero attached hydrogens (tertiary/aromatic N) is 3. The third kappa shape index (κ3) is 3.41. The Balaban J connectivity index is 1.83. The summed E-state index contributed by atoms with van der Waals surface area (Å²) >= 11 is 0. The molecule has 4 rings (SSSR count). The number of rotatable bonds is 5. The molecule has 0 saturated heterocycles. The molecule has 4 heteroatoms. The summed E-state index contributed by atoms with van der Waals surface area (Å²) in [4.78, 5) is 20.3. The van der Waals surface area contributed by atoms with Crippen LogP contribution in [-0.4, -0.2) is 15.3 Å². The second kappa shape index (κ2) is 7.69. The Labute approximate surface area is 165 Å². The second-order valence-electron chi connectivity index (χ2n) is 6.91. The molecule has 28 heavy (non-hydrogen) atoms. The van der Waals surface area contributed by atoms with Crippen molar-refractivity contribution in [3.63, 3.8) is 0 Å². The molecule has 4 nitrogen and oxygen atoms in total. The smallest absolute Gasteiger partial charge is 0.277 e. The Morgan fingerprint density at radius 1 is 1.00 bits per heavy atom. The number of hydrogen-bond acceptors (Lipinski definition) is 2. The molecule has 0 bridgehead atoms. The first-order valence-corrected chi connectivity index (χ1v) is 9.56. The van der Waals surface area contributed by atoms with E-state index in [1.54, 1.807) is 0 Å². The van der Waals surface area contributed by atoms with E-state index in [4.69, 9.17) is 4.98 Å². The zero-order valence-corrected chi connectivity index (χ0v) is 16.2. The molecule has 1 amide bonds. The molecule has 0 radical (unpaired) electrons. The van der Waals surface area contributed by atoms with Crippen LogP contribution < -0.4 is 4.90 Å². The monoisotopic (exact) mass is 369 g/mol. The maximum Gasteiger partial charge on any atom is 0.277 e. The van der Waals surface area contributed by atoms with E-state index in [1.807, 2.05) is 102 Å². The molecule has 0 spiro atoms. The Kier molecular flexibility index (Phi) is 4.94. The fraction of sp³-hybridized carbons (Fsp3) is 0.167. The van der Waals surface area contributed by atoms with Crippen molar-refractivity contribution in [2.45, 2.75) is 26.8 Å². The van der Waals surface area contributed by atoms with Crippen molar-refractivity contribution in [3.05, 3.63) is 102 Å². The summed E-state index contributed by atoms with van der Waals surface area (Å²) in [6, 6.07) is 23.9. The number of para-hydroxylation sites is 1. The number of carbonyl (C=O) groups excluding carboxylic acids is 1. The highest BCUT2D eigenvalue weighted by molar-refractivity contribution is 6.06. The van der Waals surface area contributed by atoms with E-state index in [0.717, 1.165) is 28.2 Å². The normalized spacial score (nSPS) is 10.9. The van der Waals surface area contributed by atoms with Gasteiger partial charge in [0.05, 0.1) is 12.2 Å². The van der Waals surface area contributed by atoms with Crippen LogP contribution in [0.2, 0.25) is 0 Å². The third-order valence-corrected chi connectivity index (χ3v) is 4.89. The molecule has 2 aromatic heterocycles. The summed E-state index contributed by atoms with van der Waals surface area (Å²) in [7, 11) is 0. The van der Waals surface area contributed by atoms with Gasteiger partial charge in [0.2, 0.25) is 0 Å². The van der Waals surface area contributed by atoms with Crippen LogP contribution in [0, 0.1) is 6.92 Å². The number of imidazole rings is 1. The lowest BCUT2D eigenvalue weighted by atomic mass is 10.1. The lowest BCUT2D eigenvalue weighted by Gasteiger charge is -2.23. The molecule has 0 aliphatic rings. The van der Waals surface area contributed by atoms with Gasteiger partial charge in [-0.05, 0) is 48.7 Å². The molecular formula is C24H23N3O. The number of fused-ring (bicyclic) bond motifs is 1. The summed E-state index contributed by atoms with van der Waals surface area (Å²) in [5.74, 6) is -0.0387. The van der Waals surface area contributed by atoms with Crippen LogP contribution in [0.3, 0.4) is 0 Å². The summed E-state index contributed by atoms with van der Waals surface area (Å²) in [6.45, 7) is 4.58. The van der Waals surface area contributed by atoms with Crippen LogP contribution in [0.1, 0.15) is 34.2 Å². The molecular weight excluding hydrogens is 346 g/mol. The van der Waals surface area contributed by atoms with E-state index in [1.165, 1.54) is 0 Å².